The van der Waals surface area contributed by atoms with Gasteiger partial charge in [-0.3, -0.25) is 4.68 Å². The van der Waals surface area contributed by atoms with Crippen LogP contribution in [-0.2, 0) is 30.2 Å². The van der Waals surface area contributed by atoms with Crippen molar-refractivity contribution in [1.82, 2.24) is 14.1 Å². The van der Waals surface area contributed by atoms with E-state index < -0.39 is 10.0 Å². The Morgan fingerprint density at radius 2 is 1.74 bits per heavy atom. The second-order valence-electron chi connectivity index (χ2n) is 6.02. The number of methoxy groups -OCH3 is 1. The predicted octanol–water partition coefficient (Wildman–Crippen LogP) is 3.47. The summed E-state index contributed by atoms with van der Waals surface area (Å²) >= 11 is 6.06. The lowest BCUT2D eigenvalue weighted by atomic mass is 10.2. The van der Waals surface area contributed by atoms with E-state index in [0.717, 1.165) is 5.56 Å². The van der Waals surface area contributed by atoms with E-state index in [2.05, 4.69) is 5.10 Å². The first-order valence-electron chi connectivity index (χ1n) is 8.26. The first-order valence-corrected chi connectivity index (χ1v) is 10.1. The fourth-order valence-electron chi connectivity index (χ4n) is 2.67. The van der Waals surface area contributed by atoms with E-state index in [1.54, 1.807) is 25.2 Å². The third kappa shape index (κ3) is 4.50. The molecule has 6 nitrogen and oxygen atoms in total. The third-order valence-corrected chi connectivity index (χ3v) is 6.27. The van der Waals surface area contributed by atoms with E-state index in [4.69, 9.17) is 16.3 Å². The van der Waals surface area contributed by atoms with Crippen molar-refractivity contribution >= 4 is 21.6 Å². The van der Waals surface area contributed by atoms with Crippen molar-refractivity contribution in [3.8, 4) is 5.75 Å². The monoisotopic (exact) mass is 405 g/mol. The number of aromatic nitrogens is 2. The van der Waals surface area contributed by atoms with E-state index in [-0.39, 0.29) is 18.0 Å². The van der Waals surface area contributed by atoms with Crippen LogP contribution in [0.4, 0.5) is 0 Å². The van der Waals surface area contributed by atoms with Gasteiger partial charge in [0.05, 0.1) is 24.2 Å². The highest BCUT2D eigenvalue weighted by molar-refractivity contribution is 7.89. The maximum atomic E-state index is 13.2. The molecule has 0 radical (unpaired) electrons. The molecule has 0 aliphatic carbocycles. The van der Waals surface area contributed by atoms with Gasteiger partial charge in [-0.1, -0.05) is 41.9 Å². The molecule has 0 amide bonds. The average Bonchev–Trinajstić information content (AvgIpc) is 2.99. The minimum Gasteiger partial charge on any atom is -0.497 e. The molecule has 0 fully saturated rings. The van der Waals surface area contributed by atoms with Crippen LogP contribution in [0.2, 0.25) is 5.15 Å². The van der Waals surface area contributed by atoms with Crippen LogP contribution in [-0.4, -0.2) is 29.6 Å². The van der Waals surface area contributed by atoms with E-state index in [1.807, 2.05) is 30.3 Å². The topological polar surface area (TPSA) is 64.4 Å². The Labute approximate surface area is 164 Å². The van der Waals surface area contributed by atoms with Crippen LogP contribution in [0, 0.1) is 0 Å². The molecule has 0 unspecified atom stereocenters. The predicted molar refractivity (Wildman–Crippen MR) is 104 cm³/mol. The molecule has 0 aliphatic rings. The SMILES string of the molecule is COc1ccc(S(=O)(=O)N(Cc2ccccc2)Cc2cc(Cl)n(C)n2)cc1. The van der Waals surface area contributed by atoms with Crippen LogP contribution in [0.1, 0.15) is 11.3 Å². The minimum atomic E-state index is -3.74. The van der Waals surface area contributed by atoms with E-state index >= 15 is 0 Å². The van der Waals surface area contributed by atoms with Crippen LogP contribution in [0.5, 0.6) is 5.75 Å². The molecule has 142 valence electrons. The van der Waals surface area contributed by atoms with Gasteiger partial charge in [0.1, 0.15) is 10.9 Å². The van der Waals surface area contributed by atoms with Gasteiger partial charge in [0, 0.05) is 13.6 Å². The Bertz CT molecular complexity index is 983. The molecule has 2 aromatic carbocycles. The molecule has 1 heterocycles. The summed E-state index contributed by atoms with van der Waals surface area (Å²) in [7, 11) is -0.489. The van der Waals surface area contributed by atoms with Gasteiger partial charge in [0.15, 0.2) is 0 Å². The van der Waals surface area contributed by atoms with Crippen molar-refractivity contribution in [1.29, 1.82) is 0 Å². The first kappa shape index (κ1) is 19.4. The summed E-state index contributed by atoms with van der Waals surface area (Å²) in [4.78, 5) is 0.196. The van der Waals surface area contributed by atoms with Crippen molar-refractivity contribution < 1.29 is 13.2 Å². The Kier molecular flexibility index (Phi) is 5.84. The number of halogens is 1. The zero-order chi connectivity index (χ0) is 19.4. The molecule has 3 aromatic rings. The van der Waals surface area contributed by atoms with Gasteiger partial charge >= 0.3 is 0 Å². The first-order chi connectivity index (χ1) is 12.9. The Morgan fingerprint density at radius 1 is 1.07 bits per heavy atom. The molecule has 0 N–H and O–H groups in total. The summed E-state index contributed by atoms with van der Waals surface area (Å²) in [6, 6.07) is 17.4. The highest BCUT2D eigenvalue weighted by Gasteiger charge is 2.26. The summed E-state index contributed by atoms with van der Waals surface area (Å²) < 4.78 is 34.5. The van der Waals surface area contributed by atoms with E-state index in [0.29, 0.717) is 16.6 Å². The Morgan fingerprint density at radius 3 is 2.30 bits per heavy atom. The van der Waals surface area contributed by atoms with Gasteiger partial charge in [0.25, 0.3) is 0 Å². The molecule has 0 saturated heterocycles. The fraction of sp³-hybridized carbons (Fsp3) is 0.211. The van der Waals surface area contributed by atoms with Crippen LogP contribution in [0.3, 0.4) is 0 Å². The molecule has 3 rings (SSSR count). The summed E-state index contributed by atoms with van der Waals surface area (Å²) in [6.07, 6.45) is 0. The van der Waals surface area contributed by atoms with Crippen LogP contribution < -0.4 is 4.74 Å². The van der Waals surface area contributed by atoms with Crippen molar-refractivity contribution in [3.05, 3.63) is 77.1 Å². The summed E-state index contributed by atoms with van der Waals surface area (Å²) in [5.41, 5.74) is 1.46. The van der Waals surface area contributed by atoms with Crippen molar-refractivity contribution in [2.24, 2.45) is 7.05 Å². The lowest BCUT2D eigenvalue weighted by molar-refractivity contribution is 0.394. The molecule has 1 aromatic heterocycles. The second kappa shape index (κ2) is 8.12. The molecular formula is C19H20ClN3O3S. The van der Waals surface area contributed by atoms with Crippen LogP contribution in [0.25, 0.3) is 0 Å². The molecule has 0 saturated carbocycles. The summed E-state index contributed by atoms with van der Waals surface area (Å²) in [5, 5.41) is 4.74. The second-order valence-corrected chi connectivity index (χ2v) is 8.34. The highest BCUT2D eigenvalue weighted by Crippen LogP contribution is 2.23. The maximum Gasteiger partial charge on any atom is 0.243 e. The summed E-state index contributed by atoms with van der Waals surface area (Å²) in [6.45, 7) is 0.340. The smallest absolute Gasteiger partial charge is 0.243 e. The number of nitrogens with zero attached hydrogens (tertiary/aromatic N) is 3. The standard InChI is InChI=1S/C19H20ClN3O3S/c1-22-19(20)12-16(21-22)14-23(13-15-6-4-3-5-7-15)27(24,25)18-10-8-17(26-2)9-11-18/h3-12H,13-14H2,1-2H3. The quantitative estimate of drug-likeness (QED) is 0.603. The maximum absolute atomic E-state index is 13.2. The van der Waals surface area contributed by atoms with Gasteiger partial charge in [-0.25, -0.2) is 8.42 Å². The van der Waals surface area contributed by atoms with E-state index in [1.165, 1.54) is 28.2 Å². The van der Waals surface area contributed by atoms with Crippen LogP contribution in [0.15, 0.2) is 65.6 Å². The lowest BCUT2D eigenvalue weighted by Crippen LogP contribution is -2.30. The van der Waals surface area contributed by atoms with Gasteiger partial charge in [-0.05, 0) is 35.9 Å². The number of rotatable bonds is 7. The Hall–Kier alpha value is -2.35. The van der Waals surface area contributed by atoms with Crippen molar-refractivity contribution in [2.75, 3.05) is 7.11 Å². The molecule has 0 atom stereocenters. The zero-order valence-electron chi connectivity index (χ0n) is 15.0. The molecule has 8 heteroatoms. The van der Waals surface area contributed by atoms with Gasteiger partial charge < -0.3 is 4.74 Å². The highest BCUT2D eigenvalue weighted by atomic mass is 35.5. The average molecular weight is 406 g/mol. The molecule has 27 heavy (non-hydrogen) atoms. The molecule has 0 bridgehead atoms. The normalized spacial score (nSPS) is 11.7. The van der Waals surface area contributed by atoms with Crippen molar-refractivity contribution in [2.45, 2.75) is 18.0 Å². The Balaban J connectivity index is 1.95. The number of ether oxygens (including phenoxy) is 1. The number of hydrogen-bond acceptors (Lipinski definition) is 4. The number of aryl methyl sites for hydroxylation is 1. The zero-order valence-corrected chi connectivity index (χ0v) is 16.6. The van der Waals surface area contributed by atoms with Gasteiger partial charge in [-0.15, -0.1) is 0 Å². The van der Waals surface area contributed by atoms with Gasteiger partial charge in [-0.2, -0.15) is 9.40 Å². The summed E-state index contributed by atoms with van der Waals surface area (Å²) in [5.74, 6) is 0.597. The molecular weight excluding hydrogens is 386 g/mol. The minimum absolute atomic E-state index is 0.115. The molecule has 0 aliphatic heterocycles. The van der Waals surface area contributed by atoms with E-state index in [9.17, 15) is 8.42 Å². The lowest BCUT2D eigenvalue weighted by Gasteiger charge is -2.21. The van der Waals surface area contributed by atoms with Crippen molar-refractivity contribution in [3.63, 3.8) is 0 Å². The number of hydrogen-bond donors (Lipinski definition) is 0. The largest absolute Gasteiger partial charge is 0.497 e. The fourth-order valence-corrected chi connectivity index (χ4v) is 4.23. The third-order valence-electron chi connectivity index (χ3n) is 4.11. The van der Waals surface area contributed by atoms with Crippen LogP contribution >= 0.6 is 11.6 Å². The molecule has 0 spiro atoms. The van der Waals surface area contributed by atoms with Gasteiger partial charge in [0.2, 0.25) is 10.0 Å². The number of benzene rings is 2. The number of sulfonamides is 1.